The molecule has 2 aliphatic heterocycles. The first-order chi connectivity index (χ1) is 10.2. The Bertz CT molecular complexity index is 503. The second-order valence-corrected chi connectivity index (χ2v) is 6.23. The van der Waals surface area contributed by atoms with E-state index in [4.69, 9.17) is 5.73 Å². The van der Waals surface area contributed by atoms with Crippen LogP contribution in [-0.2, 0) is 11.2 Å². The molecular formula is C17H25N3O. The fourth-order valence-electron chi connectivity index (χ4n) is 3.39. The molecule has 1 aromatic rings. The highest BCUT2D eigenvalue weighted by atomic mass is 16.2. The number of piperidine rings is 1. The maximum Gasteiger partial charge on any atom is 0.226 e. The molecule has 2 aliphatic rings. The zero-order valence-electron chi connectivity index (χ0n) is 12.6. The molecule has 4 heteroatoms. The van der Waals surface area contributed by atoms with Gasteiger partial charge in [0.1, 0.15) is 0 Å². The smallest absolute Gasteiger partial charge is 0.226 e. The molecule has 114 valence electrons. The van der Waals surface area contributed by atoms with Gasteiger partial charge < -0.3 is 15.5 Å². The topological polar surface area (TPSA) is 49.6 Å². The van der Waals surface area contributed by atoms with E-state index >= 15 is 0 Å². The predicted molar refractivity (Wildman–Crippen MR) is 85.4 cm³/mol. The maximum absolute atomic E-state index is 12.1. The summed E-state index contributed by atoms with van der Waals surface area (Å²) in [6, 6.07) is 8.70. The molecule has 1 atom stereocenters. The predicted octanol–water partition coefficient (Wildman–Crippen LogP) is 1.78. The van der Waals surface area contributed by atoms with E-state index in [9.17, 15) is 4.79 Å². The Morgan fingerprint density at radius 1 is 1.19 bits per heavy atom. The molecule has 1 amide bonds. The van der Waals surface area contributed by atoms with Crippen molar-refractivity contribution in [3.8, 4) is 0 Å². The molecule has 2 fully saturated rings. The van der Waals surface area contributed by atoms with Crippen LogP contribution in [0.3, 0.4) is 0 Å². The second kappa shape index (κ2) is 6.58. The third-order valence-electron chi connectivity index (χ3n) is 4.61. The first-order valence-electron chi connectivity index (χ1n) is 8.10. The molecule has 2 saturated heterocycles. The molecule has 2 heterocycles. The van der Waals surface area contributed by atoms with Crippen molar-refractivity contribution in [2.75, 3.05) is 31.1 Å². The van der Waals surface area contributed by atoms with Crippen molar-refractivity contribution < 1.29 is 4.79 Å². The average Bonchev–Trinajstić information content (AvgIpc) is 2.92. The Morgan fingerprint density at radius 3 is 2.81 bits per heavy atom. The monoisotopic (exact) mass is 287 g/mol. The SMILES string of the molecule is NC1CCN(CCc2ccccc2N2CCCCC2=O)C1. The number of likely N-dealkylation sites (tertiary alicyclic amines) is 1. The summed E-state index contributed by atoms with van der Waals surface area (Å²) >= 11 is 0. The van der Waals surface area contributed by atoms with Crippen LogP contribution in [0.2, 0.25) is 0 Å². The Balaban J connectivity index is 1.68. The van der Waals surface area contributed by atoms with Gasteiger partial charge >= 0.3 is 0 Å². The zero-order valence-corrected chi connectivity index (χ0v) is 12.6. The molecule has 0 bridgehead atoms. The van der Waals surface area contributed by atoms with Crippen molar-refractivity contribution in [2.45, 2.75) is 38.1 Å². The Labute approximate surface area is 126 Å². The van der Waals surface area contributed by atoms with E-state index in [1.165, 1.54) is 5.56 Å². The Hall–Kier alpha value is -1.39. The lowest BCUT2D eigenvalue weighted by atomic mass is 10.0. The number of rotatable bonds is 4. The standard InChI is InChI=1S/C17H25N3O/c18-15-9-12-19(13-15)11-8-14-5-1-2-6-16(14)20-10-4-3-7-17(20)21/h1-2,5-6,15H,3-4,7-13,18H2. The molecule has 0 radical (unpaired) electrons. The molecule has 0 spiro atoms. The third kappa shape index (κ3) is 3.44. The molecule has 21 heavy (non-hydrogen) atoms. The number of carbonyl (C=O) groups is 1. The van der Waals surface area contributed by atoms with Gasteiger partial charge in [-0.1, -0.05) is 18.2 Å². The van der Waals surface area contributed by atoms with Gasteiger partial charge in [0, 0.05) is 37.8 Å². The first-order valence-corrected chi connectivity index (χ1v) is 8.10. The Kier molecular flexibility index (Phi) is 4.56. The van der Waals surface area contributed by atoms with Crippen LogP contribution in [0.4, 0.5) is 5.69 Å². The fourth-order valence-corrected chi connectivity index (χ4v) is 3.39. The molecule has 1 unspecified atom stereocenters. The Morgan fingerprint density at radius 2 is 2.05 bits per heavy atom. The van der Waals surface area contributed by atoms with Gasteiger partial charge in [-0.2, -0.15) is 0 Å². The van der Waals surface area contributed by atoms with Crippen molar-refractivity contribution in [1.29, 1.82) is 0 Å². The zero-order chi connectivity index (χ0) is 14.7. The van der Waals surface area contributed by atoms with Crippen molar-refractivity contribution in [2.24, 2.45) is 5.73 Å². The second-order valence-electron chi connectivity index (χ2n) is 6.23. The van der Waals surface area contributed by atoms with Gasteiger partial charge in [0.2, 0.25) is 5.91 Å². The number of carbonyl (C=O) groups excluding carboxylic acids is 1. The summed E-state index contributed by atoms with van der Waals surface area (Å²) in [5, 5.41) is 0. The van der Waals surface area contributed by atoms with E-state index in [0.29, 0.717) is 12.5 Å². The minimum Gasteiger partial charge on any atom is -0.326 e. The summed E-state index contributed by atoms with van der Waals surface area (Å²) in [7, 11) is 0. The van der Waals surface area contributed by atoms with E-state index in [1.54, 1.807) is 0 Å². The highest BCUT2D eigenvalue weighted by molar-refractivity contribution is 5.94. The van der Waals surface area contributed by atoms with Gasteiger partial charge in [0.15, 0.2) is 0 Å². The summed E-state index contributed by atoms with van der Waals surface area (Å²) < 4.78 is 0. The summed E-state index contributed by atoms with van der Waals surface area (Å²) in [5.74, 6) is 0.275. The third-order valence-corrected chi connectivity index (χ3v) is 4.61. The molecule has 0 aliphatic carbocycles. The number of hydrogen-bond acceptors (Lipinski definition) is 3. The van der Waals surface area contributed by atoms with Crippen molar-refractivity contribution in [3.05, 3.63) is 29.8 Å². The van der Waals surface area contributed by atoms with Crippen LogP contribution in [-0.4, -0.2) is 43.0 Å². The van der Waals surface area contributed by atoms with Gasteiger partial charge in [-0.25, -0.2) is 0 Å². The van der Waals surface area contributed by atoms with Gasteiger partial charge in [0.05, 0.1) is 0 Å². The summed E-state index contributed by atoms with van der Waals surface area (Å²) in [4.78, 5) is 16.6. The highest BCUT2D eigenvalue weighted by Crippen LogP contribution is 2.25. The molecule has 0 saturated carbocycles. The number of para-hydroxylation sites is 1. The number of benzene rings is 1. The van der Waals surface area contributed by atoms with Gasteiger partial charge in [-0.15, -0.1) is 0 Å². The highest BCUT2D eigenvalue weighted by Gasteiger charge is 2.23. The van der Waals surface area contributed by atoms with E-state index in [0.717, 1.165) is 57.5 Å². The van der Waals surface area contributed by atoms with E-state index < -0.39 is 0 Å². The molecular weight excluding hydrogens is 262 g/mol. The molecule has 1 aromatic carbocycles. The summed E-state index contributed by atoms with van der Waals surface area (Å²) in [6.45, 7) is 4.01. The van der Waals surface area contributed by atoms with Crippen LogP contribution < -0.4 is 10.6 Å². The van der Waals surface area contributed by atoms with E-state index in [2.05, 4.69) is 23.1 Å². The molecule has 2 N–H and O–H groups in total. The normalized spacial score (nSPS) is 23.8. The number of anilines is 1. The number of nitrogens with zero attached hydrogens (tertiary/aromatic N) is 2. The van der Waals surface area contributed by atoms with E-state index in [1.807, 2.05) is 11.0 Å². The lowest BCUT2D eigenvalue weighted by Crippen LogP contribution is -2.36. The minimum absolute atomic E-state index is 0.275. The minimum atomic E-state index is 0.275. The quantitative estimate of drug-likeness (QED) is 0.918. The summed E-state index contributed by atoms with van der Waals surface area (Å²) in [5.41, 5.74) is 8.37. The van der Waals surface area contributed by atoms with E-state index in [-0.39, 0.29) is 5.91 Å². The van der Waals surface area contributed by atoms with Crippen LogP contribution in [0.25, 0.3) is 0 Å². The number of nitrogens with two attached hydrogens (primary N) is 1. The first kappa shape index (κ1) is 14.5. The fraction of sp³-hybridized carbons (Fsp3) is 0.588. The molecule has 3 rings (SSSR count). The van der Waals surface area contributed by atoms with Crippen molar-refractivity contribution in [3.63, 3.8) is 0 Å². The van der Waals surface area contributed by atoms with Crippen LogP contribution in [0.15, 0.2) is 24.3 Å². The summed E-state index contributed by atoms with van der Waals surface area (Å²) in [6.07, 6.45) is 4.93. The lowest BCUT2D eigenvalue weighted by Gasteiger charge is -2.29. The van der Waals surface area contributed by atoms with Gasteiger partial charge in [-0.3, -0.25) is 4.79 Å². The lowest BCUT2D eigenvalue weighted by molar-refractivity contribution is -0.119. The largest absolute Gasteiger partial charge is 0.326 e. The van der Waals surface area contributed by atoms with Crippen LogP contribution >= 0.6 is 0 Å². The molecule has 0 aromatic heterocycles. The van der Waals surface area contributed by atoms with Crippen molar-refractivity contribution >= 4 is 11.6 Å². The van der Waals surface area contributed by atoms with Crippen LogP contribution in [0, 0.1) is 0 Å². The van der Waals surface area contributed by atoms with Crippen LogP contribution in [0.1, 0.15) is 31.2 Å². The van der Waals surface area contributed by atoms with Crippen molar-refractivity contribution in [1.82, 2.24) is 4.90 Å². The molecule has 4 nitrogen and oxygen atoms in total. The maximum atomic E-state index is 12.1. The average molecular weight is 287 g/mol. The van der Waals surface area contributed by atoms with Gasteiger partial charge in [-0.05, 0) is 43.9 Å². The van der Waals surface area contributed by atoms with Gasteiger partial charge in [0.25, 0.3) is 0 Å². The number of hydrogen-bond donors (Lipinski definition) is 1. The van der Waals surface area contributed by atoms with Crippen LogP contribution in [0.5, 0.6) is 0 Å². The number of amides is 1.